The third-order valence-corrected chi connectivity index (χ3v) is 5.61. The second kappa shape index (κ2) is 10.3. The third kappa shape index (κ3) is 6.99. The minimum absolute atomic E-state index is 0.00436. The van der Waals surface area contributed by atoms with E-state index in [1.54, 1.807) is 13.0 Å². The number of halogens is 3. The summed E-state index contributed by atoms with van der Waals surface area (Å²) in [5, 5.41) is 4.55. The molecular weight excluding hydrogens is 437 g/mol. The Hall–Kier alpha value is -3.08. The molecule has 2 aromatic rings. The Morgan fingerprint density at radius 2 is 1.74 bits per heavy atom. The molecule has 2 N–H and O–H groups in total. The zero-order valence-electron chi connectivity index (χ0n) is 16.5. The summed E-state index contributed by atoms with van der Waals surface area (Å²) < 4.78 is 68.4. The van der Waals surface area contributed by atoms with E-state index in [4.69, 9.17) is 0 Å². The van der Waals surface area contributed by atoms with Crippen molar-refractivity contribution in [1.29, 1.82) is 0 Å². The number of carbonyl (C=O) groups excluding carboxylic acids is 2. The molecule has 31 heavy (non-hydrogen) atoms. The van der Waals surface area contributed by atoms with Gasteiger partial charge in [0.15, 0.2) is 9.84 Å². The first kappa shape index (κ1) is 24.2. The molecule has 0 aliphatic rings. The van der Waals surface area contributed by atoms with Crippen molar-refractivity contribution in [3.63, 3.8) is 0 Å². The molecule has 7 nitrogen and oxygen atoms in total. The highest BCUT2D eigenvalue weighted by Crippen LogP contribution is 2.31. The van der Waals surface area contributed by atoms with Gasteiger partial charge in [0.2, 0.25) is 0 Å². The zero-order valence-corrected chi connectivity index (χ0v) is 17.3. The summed E-state index contributed by atoms with van der Waals surface area (Å²) in [4.78, 5) is 23.4. The summed E-state index contributed by atoms with van der Waals surface area (Å²) in [6.07, 6.45) is -5.33. The van der Waals surface area contributed by atoms with Crippen molar-refractivity contribution < 1.29 is 35.9 Å². The molecule has 0 spiro atoms. The fraction of sp³-hybridized carbons (Fsp3) is 0.300. The Kier molecular flexibility index (Phi) is 8.03. The van der Waals surface area contributed by atoms with Crippen molar-refractivity contribution in [2.24, 2.45) is 0 Å². The van der Waals surface area contributed by atoms with Crippen LogP contribution in [0, 0.1) is 0 Å². The Morgan fingerprint density at radius 1 is 1.03 bits per heavy atom. The molecule has 0 unspecified atom stereocenters. The molecule has 2 amide bonds. The van der Waals surface area contributed by atoms with E-state index in [0.29, 0.717) is 5.56 Å². The summed E-state index contributed by atoms with van der Waals surface area (Å²) in [6.45, 7) is 1.67. The minimum Gasteiger partial charge on any atom is -0.450 e. The van der Waals surface area contributed by atoms with Crippen molar-refractivity contribution >= 4 is 21.8 Å². The van der Waals surface area contributed by atoms with Crippen LogP contribution in [0.2, 0.25) is 0 Å². The van der Waals surface area contributed by atoms with E-state index in [2.05, 4.69) is 15.4 Å². The maximum atomic E-state index is 13.0. The Morgan fingerprint density at radius 3 is 2.42 bits per heavy atom. The van der Waals surface area contributed by atoms with Crippen LogP contribution in [0.1, 0.15) is 28.4 Å². The van der Waals surface area contributed by atoms with Gasteiger partial charge in [0, 0.05) is 6.54 Å². The van der Waals surface area contributed by atoms with E-state index in [9.17, 15) is 31.2 Å². The molecule has 168 valence electrons. The van der Waals surface area contributed by atoms with Crippen LogP contribution in [0.4, 0.5) is 18.0 Å². The molecule has 0 fully saturated rings. The Bertz CT molecular complexity index is 1040. The summed E-state index contributed by atoms with van der Waals surface area (Å²) in [7, 11) is -3.83. The van der Waals surface area contributed by atoms with Crippen molar-refractivity contribution in [3.8, 4) is 0 Å². The molecule has 0 aliphatic carbocycles. The molecule has 0 radical (unpaired) electrons. The van der Waals surface area contributed by atoms with Crippen LogP contribution in [0.25, 0.3) is 0 Å². The lowest BCUT2D eigenvalue weighted by atomic mass is 10.1. The van der Waals surface area contributed by atoms with Gasteiger partial charge in [-0.15, -0.1) is 0 Å². The van der Waals surface area contributed by atoms with Crippen LogP contribution in [-0.4, -0.2) is 39.4 Å². The normalized spacial score (nSPS) is 11.6. The average Bonchev–Trinajstić information content (AvgIpc) is 2.72. The van der Waals surface area contributed by atoms with E-state index in [1.807, 2.05) is 0 Å². The fourth-order valence-corrected chi connectivity index (χ4v) is 3.75. The van der Waals surface area contributed by atoms with Crippen molar-refractivity contribution in [3.05, 3.63) is 65.2 Å². The molecule has 0 bridgehead atoms. The number of hydrogen-bond acceptors (Lipinski definition) is 5. The van der Waals surface area contributed by atoms with E-state index >= 15 is 0 Å². The number of alkyl carbamates (subject to hydrolysis) is 1. The summed E-state index contributed by atoms with van der Waals surface area (Å²) in [5.41, 5.74) is -0.979. The summed E-state index contributed by atoms with van der Waals surface area (Å²) in [5.74, 6) is -1.53. The molecule has 2 aromatic carbocycles. The second-order valence-electron chi connectivity index (χ2n) is 6.35. The number of ether oxygens (including phenoxy) is 1. The van der Waals surface area contributed by atoms with Crippen molar-refractivity contribution in [2.75, 3.05) is 19.0 Å². The van der Waals surface area contributed by atoms with Gasteiger partial charge >= 0.3 is 12.3 Å². The number of hydrogen-bond donors (Lipinski definition) is 2. The van der Waals surface area contributed by atoms with Crippen LogP contribution in [0.15, 0.2) is 53.4 Å². The first-order chi connectivity index (χ1) is 14.5. The monoisotopic (exact) mass is 458 g/mol. The van der Waals surface area contributed by atoms with Gasteiger partial charge in [0.05, 0.1) is 22.6 Å². The summed E-state index contributed by atoms with van der Waals surface area (Å²) in [6, 6.07) is 10.3. The highest BCUT2D eigenvalue weighted by molar-refractivity contribution is 7.91. The first-order valence-electron chi connectivity index (χ1n) is 9.21. The fourth-order valence-electron chi connectivity index (χ4n) is 2.66. The highest BCUT2D eigenvalue weighted by atomic mass is 32.2. The first-order valence-corrected chi connectivity index (χ1v) is 10.9. The molecule has 0 saturated heterocycles. The number of alkyl halides is 3. The van der Waals surface area contributed by atoms with Gasteiger partial charge in [-0.3, -0.25) is 4.79 Å². The second-order valence-corrected chi connectivity index (χ2v) is 8.34. The predicted molar refractivity (Wildman–Crippen MR) is 106 cm³/mol. The van der Waals surface area contributed by atoms with E-state index in [-0.39, 0.29) is 24.5 Å². The average molecular weight is 458 g/mol. The quantitative estimate of drug-likeness (QED) is 0.633. The van der Waals surface area contributed by atoms with Gasteiger partial charge in [0.1, 0.15) is 5.88 Å². The predicted octanol–water partition coefficient (Wildman–Crippen LogP) is 3.16. The molecule has 0 heterocycles. The maximum absolute atomic E-state index is 13.0. The number of amides is 2. The zero-order chi connectivity index (χ0) is 23.1. The number of sulfone groups is 1. The van der Waals surface area contributed by atoms with Crippen LogP contribution in [0.5, 0.6) is 0 Å². The van der Waals surface area contributed by atoms with Gasteiger partial charge in [-0.05, 0) is 43.2 Å². The molecule has 0 aromatic heterocycles. The van der Waals surface area contributed by atoms with E-state index in [0.717, 1.165) is 12.1 Å². The third-order valence-electron chi connectivity index (χ3n) is 4.12. The van der Waals surface area contributed by atoms with Crippen LogP contribution in [-0.2, 0) is 27.2 Å². The van der Waals surface area contributed by atoms with Gasteiger partial charge < -0.3 is 15.4 Å². The van der Waals surface area contributed by atoms with Crippen molar-refractivity contribution in [2.45, 2.75) is 24.4 Å². The molecule has 0 atom stereocenters. The van der Waals surface area contributed by atoms with Crippen LogP contribution >= 0.6 is 0 Å². The molecular formula is C20H21F3N2O5S. The van der Waals surface area contributed by atoms with Crippen molar-refractivity contribution in [1.82, 2.24) is 10.6 Å². The van der Waals surface area contributed by atoms with Crippen LogP contribution < -0.4 is 10.6 Å². The summed E-state index contributed by atoms with van der Waals surface area (Å²) >= 11 is 0. The lowest BCUT2D eigenvalue weighted by molar-refractivity contribution is -0.137. The largest absolute Gasteiger partial charge is 0.450 e. The number of carbonyl (C=O) groups is 2. The van der Waals surface area contributed by atoms with Crippen LogP contribution in [0.3, 0.4) is 0 Å². The Labute approximate surface area is 177 Å². The molecule has 0 aliphatic heterocycles. The number of rotatable bonds is 8. The molecule has 2 rings (SSSR count). The van der Waals surface area contributed by atoms with Gasteiger partial charge in [-0.2, -0.15) is 13.2 Å². The SMILES string of the molecule is CCOC(=O)NCS(=O)(=O)c1cccc(CCNC(=O)c2ccccc2C(F)(F)F)c1. The minimum atomic E-state index is -4.66. The maximum Gasteiger partial charge on any atom is 0.417 e. The Balaban J connectivity index is 2.00. The number of benzene rings is 2. The van der Waals surface area contributed by atoms with E-state index in [1.165, 1.54) is 30.3 Å². The lowest BCUT2D eigenvalue weighted by Gasteiger charge is -2.13. The standard InChI is InChI=1S/C20H21F3N2O5S/c1-2-30-19(27)25-13-31(28,29)15-7-5-6-14(12-15)10-11-24-18(26)16-8-3-4-9-17(16)20(21,22)23/h3-9,12H,2,10-11,13H2,1H3,(H,24,26)(H,25,27). The van der Waals surface area contributed by atoms with E-state index < -0.39 is 45.0 Å². The molecule has 11 heteroatoms. The van der Waals surface area contributed by atoms with Gasteiger partial charge in [-0.1, -0.05) is 24.3 Å². The molecule has 0 saturated carbocycles. The topological polar surface area (TPSA) is 102 Å². The number of nitrogens with one attached hydrogen (secondary N) is 2. The van der Waals surface area contributed by atoms with Gasteiger partial charge in [0.25, 0.3) is 5.91 Å². The lowest BCUT2D eigenvalue weighted by Crippen LogP contribution is -2.30. The van der Waals surface area contributed by atoms with Gasteiger partial charge in [-0.25, -0.2) is 13.2 Å². The smallest absolute Gasteiger partial charge is 0.417 e. The highest BCUT2D eigenvalue weighted by Gasteiger charge is 2.34.